The highest BCUT2D eigenvalue weighted by molar-refractivity contribution is 9.11. The molecule has 2 heterocycles. The molecule has 3 rings (SSSR count). The van der Waals surface area contributed by atoms with Crippen LogP contribution in [0.3, 0.4) is 0 Å². The molecule has 0 bridgehead atoms. The second kappa shape index (κ2) is 2.80. The average Bonchev–Trinajstić information content (AvgIpc) is 2.63. The molecule has 0 aliphatic heterocycles. The molecule has 64 valence electrons. The van der Waals surface area contributed by atoms with Crippen LogP contribution in [-0.4, -0.2) is 0 Å². The molecule has 0 radical (unpaired) electrons. The van der Waals surface area contributed by atoms with Gasteiger partial charge in [-0.15, -0.1) is 22.7 Å². The van der Waals surface area contributed by atoms with E-state index >= 15 is 0 Å². The lowest BCUT2D eigenvalue weighted by atomic mass is 10.2. The van der Waals surface area contributed by atoms with Crippen molar-refractivity contribution in [1.29, 1.82) is 0 Å². The first kappa shape index (κ1) is 7.97. The number of benzene rings is 1. The summed E-state index contributed by atoms with van der Waals surface area (Å²) >= 11 is 7.10. The second-order valence-electron chi connectivity index (χ2n) is 2.90. The van der Waals surface area contributed by atoms with Gasteiger partial charge in [0.1, 0.15) is 0 Å². The lowest BCUT2D eigenvalue weighted by molar-refractivity contribution is 2.01. The summed E-state index contributed by atoms with van der Waals surface area (Å²) in [5, 5.41) is 4.84. The normalized spacial score (nSPS) is 11.5. The van der Waals surface area contributed by atoms with Gasteiger partial charge in [-0.2, -0.15) is 0 Å². The van der Waals surface area contributed by atoms with Gasteiger partial charge in [0.25, 0.3) is 0 Å². The molecule has 3 heteroatoms. The van der Waals surface area contributed by atoms with Crippen LogP contribution in [0.15, 0.2) is 33.4 Å². The highest BCUT2D eigenvalue weighted by atomic mass is 79.9. The van der Waals surface area contributed by atoms with E-state index in [1.807, 2.05) is 0 Å². The molecular weight excluding hydrogens is 264 g/mol. The van der Waals surface area contributed by atoms with Gasteiger partial charge >= 0.3 is 0 Å². The van der Waals surface area contributed by atoms with E-state index in [1.165, 1.54) is 24.0 Å². The molecule has 0 atom stereocenters. The molecule has 0 saturated heterocycles. The second-order valence-corrected chi connectivity index (χ2v) is 6.31. The predicted molar refractivity (Wildman–Crippen MR) is 64.9 cm³/mol. The molecular formula is C10H5BrS2. The fourth-order valence-corrected chi connectivity index (χ4v) is 3.87. The number of thiophene rings is 2. The van der Waals surface area contributed by atoms with Crippen LogP contribution in [0.4, 0.5) is 0 Å². The molecule has 13 heavy (non-hydrogen) atoms. The SMILES string of the molecule is Brc1cc2cc3sccc3cc2s1. The van der Waals surface area contributed by atoms with Crippen molar-refractivity contribution in [2.24, 2.45) is 0 Å². The molecule has 2 aromatic heterocycles. The summed E-state index contributed by atoms with van der Waals surface area (Å²) in [7, 11) is 0. The predicted octanol–water partition coefficient (Wildman–Crippen LogP) is 4.88. The summed E-state index contributed by atoms with van der Waals surface area (Å²) in [5.74, 6) is 0. The molecule has 0 nitrogen and oxygen atoms in total. The van der Waals surface area contributed by atoms with Gasteiger partial charge in [-0.25, -0.2) is 0 Å². The Morgan fingerprint density at radius 3 is 2.77 bits per heavy atom. The fourth-order valence-electron chi connectivity index (χ4n) is 1.46. The summed E-state index contributed by atoms with van der Waals surface area (Å²) < 4.78 is 3.94. The lowest BCUT2D eigenvalue weighted by Crippen LogP contribution is -1.61. The number of hydrogen-bond acceptors (Lipinski definition) is 2. The maximum Gasteiger partial charge on any atom is 0.0711 e. The van der Waals surface area contributed by atoms with Crippen LogP contribution in [0.25, 0.3) is 20.2 Å². The van der Waals surface area contributed by atoms with Gasteiger partial charge in [0, 0.05) is 9.40 Å². The molecule has 1 aromatic carbocycles. The van der Waals surface area contributed by atoms with Crippen molar-refractivity contribution in [2.45, 2.75) is 0 Å². The molecule has 0 fully saturated rings. The van der Waals surface area contributed by atoms with Gasteiger partial charge in [-0.3, -0.25) is 0 Å². The topological polar surface area (TPSA) is 0 Å². The Morgan fingerprint density at radius 2 is 1.85 bits per heavy atom. The Hall–Kier alpha value is -0.380. The van der Waals surface area contributed by atoms with Crippen molar-refractivity contribution in [3.8, 4) is 0 Å². The van der Waals surface area contributed by atoms with Gasteiger partial charge in [0.2, 0.25) is 0 Å². The summed E-state index contributed by atoms with van der Waals surface area (Å²) in [6.07, 6.45) is 0. The van der Waals surface area contributed by atoms with Gasteiger partial charge in [-0.1, -0.05) is 0 Å². The molecule has 0 aliphatic rings. The highest BCUT2D eigenvalue weighted by Gasteiger charge is 2.02. The van der Waals surface area contributed by atoms with Crippen LogP contribution in [0.1, 0.15) is 0 Å². The number of hydrogen-bond donors (Lipinski definition) is 0. The zero-order chi connectivity index (χ0) is 8.84. The van der Waals surface area contributed by atoms with Crippen LogP contribution in [0, 0.1) is 0 Å². The third kappa shape index (κ3) is 1.23. The highest BCUT2D eigenvalue weighted by Crippen LogP contribution is 2.34. The maximum absolute atomic E-state index is 3.51. The minimum atomic E-state index is 1.21. The Balaban J connectivity index is 2.54. The van der Waals surface area contributed by atoms with Crippen molar-refractivity contribution in [1.82, 2.24) is 0 Å². The van der Waals surface area contributed by atoms with Crippen LogP contribution < -0.4 is 0 Å². The summed E-state index contributed by atoms with van der Waals surface area (Å²) in [6.45, 7) is 0. The Kier molecular flexibility index (Phi) is 1.72. The van der Waals surface area contributed by atoms with Crippen LogP contribution >= 0.6 is 38.6 Å². The number of rotatable bonds is 0. The zero-order valence-corrected chi connectivity index (χ0v) is 9.80. The van der Waals surface area contributed by atoms with Gasteiger partial charge in [-0.05, 0) is 56.3 Å². The monoisotopic (exact) mass is 268 g/mol. The molecule has 0 aliphatic carbocycles. The van der Waals surface area contributed by atoms with E-state index in [0.717, 1.165) is 0 Å². The first-order valence-electron chi connectivity index (χ1n) is 3.89. The van der Waals surface area contributed by atoms with Crippen LogP contribution in [-0.2, 0) is 0 Å². The van der Waals surface area contributed by atoms with Crippen LogP contribution in [0.5, 0.6) is 0 Å². The Labute approximate surface area is 91.9 Å². The standard InChI is InChI=1S/C10H5BrS2/c11-10-5-7-4-8-6(1-2-12-8)3-9(7)13-10/h1-5H. The van der Waals surface area contributed by atoms with E-state index in [9.17, 15) is 0 Å². The van der Waals surface area contributed by atoms with E-state index in [-0.39, 0.29) is 0 Å². The maximum atomic E-state index is 3.51. The number of fused-ring (bicyclic) bond motifs is 2. The van der Waals surface area contributed by atoms with Crippen molar-refractivity contribution in [3.05, 3.63) is 33.4 Å². The first-order chi connectivity index (χ1) is 6.33. The molecule has 0 unspecified atom stereocenters. The van der Waals surface area contributed by atoms with Crippen molar-refractivity contribution in [2.75, 3.05) is 0 Å². The molecule has 0 saturated carbocycles. The van der Waals surface area contributed by atoms with Crippen LogP contribution in [0.2, 0.25) is 0 Å². The Morgan fingerprint density at radius 1 is 1.00 bits per heavy atom. The third-order valence-corrected chi connectivity index (χ3v) is 4.54. The van der Waals surface area contributed by atoms with E-state index in [2.05, 4.69) is 45.6 Å². The minimum Gasteiger partial charge on any atom is -0.144 e. The molecule has 3 aromatic rings. The van der Waals surface area contributed by atoms with E-state index in [4.69, 9.17) is 0 Å². The quantitative estimate of drug-likeness (QED) is 0.545. The van der Waals surface area contributed by atoms with Crippen molar-refractivity contribution >= 4 is 58.8 Å². The summed E-state index contributed by atoms with van der Waals surface area (Å²) in [5.41, 5.74) is 0. The Bertz CT molecular complexity index is 529. The van der Waals surface area contributed by atoms with E-state index < -0.39 is 0 Å². The number of halogens is 1. The van der Waals surface area contributed by atoms with E-state index in [1.54, 1.807) is 22.7 Å². The molecule has 0 amide bonds. The summed E-state index contributed by atoms with van der Waals surface area (Å²) in [6, 6.07) is 8.87. The third-order valence-electron chi connectivity index (χ3n) is 2.06. The largest absolute Gasteiger partial charge is 0.144 e. The fraction of sp³-hybridized carbons (Fsp3) is 0. The first-order valence-corrected chi connectivity index (χ1v) is 6.38. The molecule has 0 N–H and O–H groups in total. The van der Waals surface area contributed by atoms with Gasteiger partial charge < -0.3 is 0 Å². The lowest BCUT2D eigenvalue weighted by Gasteiger charge is -1.89. The zero-order valence-electron chi connectivity index (χ0n) is 6.58. The average molecular weight is 269 g/mol. The van der Waals surface area contributed by atoms with Crippen molar-refractivity contribution < 1.29 is 0 Å². The van der Waals surface area contributed by atoms with Gasteiger partial charge in [0.15, 0.2) is 0 Å². The van der Waals surface area contributed by atoms with Crippen molar-refractivity contribution in [3.63, 3.8) is 0 Å². The smallest absolute Gasteiger partial charge is 0.0711 e. The minimum absolute atomic E-state index is 1.21. The summed E-state index contributed by atoms with van der Waals surface area (Å²) in [4.78, 5) is 0. The molecule has 0 spiro atoms. The van der Waals surface area contributed by atoms with E-state index in [0.29, 0.717) is 0 Å². The van der Waals surface area contributed by atoms with Gasteiger partial charge in [0.05, 0.1) is 3.79 Å².